The van der Waals surface area contributed by atoms with Crippen molar-refractivity contribution in [2.45, 2.75) is 52.7 Å². The highest BCUT2D eigenvalue weighted by molar-refractivity contribution is 4.88. The molecule has 1 N–H and O–H groups in total. The van der Waals surface area contributed by atoms with Gasteiger partial charge in [0.1, 0.15) is 12.2 Å². The van der Waals surface area contributed by atoms with E-state index in [4.69, 9.17) is 0 Å². The summed E-state index contributed by atoms with van der Waals surface area (Å²) in [5.74, 6) is 1.71. The number of hydrogen-bond acceptors (Lipinski definition) is 4. The van der Waals surface area contributed by atoms with Gasteiger partial charge < -0.3 is 5.32 Å². The third-order valence-electron chi connectivity index (χ3n) is 3.81. The van der Waals surface area contributed by atoms with Crippen LogP contribution in [0.1, 0.15) is 39.4 Å². The van der Waals surface area contributed by atoms with Crippen LogP contribution in [0.2, 0.25) is 0 Å². The fraction of sp³-hybridized carbons (Fsp3) is 0.857. The van der Waals surface area contributed by atoms with E-state index in [2.05, 4.69) is 45.8 Å². The Morgan fingerprint density at radius 2 is 2.16 bits per heavy atom. The molecule has 1 saturated heterocycles. The van der Waals surface area contributed by atoms with E-state index >= 15 is 0 Å². The van der Waals surface area contributed by atoms with Gasteiger partial charge in [-0.05, 0) is 38.4 Å². The molecule has 0 spiro atoms. The Hall–Kier alpha value is -0.940. The minimum atomic E-state index is 0.606. The molecule has 2 heterocycles. The van der Waals surface area contributed by atoms with Gasteiger partial charge in [-0.25, -0.2) is 9.67 Å². The predicted octanol–water partition coefficient (Wildman–Crippen LogP) is 1.51. The van der Waals surface area contributed by atoms with E-state index in [-0.39, 0.29) is 0 Å². The van der Waals surface area contributed by atoms with Crippen LogP contribution >= 0.6 is 0 Å². The molecule has 5 heteroatoms. The summed E-state index contributed by atoms with van der Waals surface area (Å²) in [4.78, 5) is 6.99. The topological polar surface area (TPSA) is 46.0 Å². The molecule has 1 fully saturated rings. The summed E-state index contributed by atoms with van der Waals surface area (Å²) in [6, 6.07) is 0.690. The van der Waals surface area contributed by atoms with Crippen LogP contribution in [0.25, 0.3) is 0 Å². The van der Waals surface area contributed by atoms with E-state index < -0.39 is 0 Å². The quantitative estimate of drug-likeness (QED) is 0.847. The molecule has 1 aromatic rings. The van der Waals surface area contributed by atoms with Gasteiger partial charge in [0, 0.05) is 12.6 Å². The molecule has 0 bridgehead atoms. The van der Waals surface area contributed by atoms with Crippen LogP contribution in [0.15, 0.2) is 6.33 Å². The van der Waals surface area contributed by atoms with Crippen LogP contribution in [0.3, 0.4) is 0 Å². The third kappa shape index (κ3) is 4.01. The molecule has 19 heavy (non-hydrogen) atoms. The van der Waals surface area contributed by atoms with Crippen LogP contribution < -0.4 is 5.32 Å². The zero-order valence-corrected chi connectivity index (χ0v) is 12.5. The van der Waals surface area contributed by atoms with Gasteiger partial charge in [-0.3, -0.25) is 4.90 Å². The van der Waals surface area contributed by atoms with Crippen molar-refractivity contribution in [1.29, 1.82) is 0 Å². The first-order valence-electron chi connectivity index (χ1n) is 7.52. The van der Waals surface area contributed by atoms with Crippen LogP contribution in [-0.4, -0.2) is 45.3 Å². The molecule has 0 amide bonds. The van der Waals surface area contributed by atoms with Gasteiger partial charge >= 0.3 is 0 Å². The zero-order chi connectivity index (χ0) is 13.7. The SMILES string of the molecule is CCN(Cc1ncnn1CC(C)C)C1CCNCC1. The highest BCUT2D eigenvalue weighted by Crippen LogP contribution is 2.14. The van der Waals surface area contributed by atoms with Gasteiger partial charge in [0.15, 0.2) is 0 Å². The lowest BCUT2D eigenvalue weighted by Gasteiger charge is -2.33. The smallest absolute Gasteiger partial charge is 0.141 e. The fourth-order valence-corrected chi connectivity index (χ4v) is 2.76. The molecule has 1 aliphatic heterocycles. The van der Waals surface area contributed by atoms with E-state index in [9.17, 15) is 0 Å². The number of aromatic nitrogens is 3. The lowest BCUT2D eigenvalue weighted by Crippen LogP contribution is -2.43. The largest absolute Gasteiger partial charge is 0.317 e. The van der Waals surface area contributed by atoms with Crippen LogP contribution in [0.4, 0.5) is 0 Å². The molecule has 0 aliphatic carbocycles. The number of hydrogen-bond donors (Lipinski definition) is 1. The van der Waals surface area contributed by atoms with Gasteiger partial charge in [-0.15, -0.1) is 0 Å². The number of nitrogens with zero attached hydrogens (tertiary/aromatic N) is 4. The molecule has 0 unspecified atom stereocenters. The first-order valence-corrected chi connectivity index (χ1v) is 7.52. The summed E-state index contributed by atoms with van der Waals surface area (Å²) in [5.41, 5.74) is 0. The summed E-state index contributed by atoms with van der Waals surface area (Å²) >= 11 is 0. The monoisotopic (exact) mass is 265 g/mol. The molecule has 1 aliphatic rings. The predicted molar refractivity (Wildman–Crippen MR) is 76.8 cm³/mol. The van der Waals surface area contributed by atoms with E-state index in [1.54, 1.807) is 6.33 Å². The van der Waals surface area contributed by atoms with Crippen molar-refractivity contribution in [2.75, 3.05) is 19.6 Å². The van der Waals surface area contributed by atoms with Gasteiger partial charge in [-0.2, -0.15) is 5.10 Å². The van der Waals surface area contributed by atoms with Crippen molar-refractivity contribution < 1.29 is 0 Å². The Kier molecular flexibility index (Phi) is 5.34. The van der Waals surface area contributed by atoms with Gasteiger partial charge in [0.25, 0.3) is 0 Å². The number of rotatable bonds is 6. The average molecular weight is 265 g/mol. The van der Waals surface area contributed by atoms with E-state index in [0.717, 1.165) is 38.5 Å². The first kappa shape index (κ1) is 14.5. The minimum Gasteiger partial charge on any atom is -0.317 e. The molecule has 0 radical (unpaired) electrons. The van der Waals surface area contributed by atoms with Crippen LogP contribution in [0, 0.1) is 5.92 Å². The average Bonchev–Trinajstić information content (AvgIpc) is 2.83. The standard InChI is InChI=1S/C14H27N5/c1-4-18(13-5-7-15-8-6-13)10-14-16-11-17-19(14)9-12(2)3/h11-13,15H,4-10H2,1-3H3. The van der Waals surface area contributed by atoms with Crippen LogP contribution in [-0.2, 0) is 13.1 Å². The first-order chi connectivity index (χ1) is 9.20. The zero-order valence-electron chi connectivity index (χ0n) is 12.5. The van der Waals surface area contributed by atoms with Gasteiger partial charge in [0.05, 0.1) is 6.54 Å². The van der Waals surface area contributed by atoms with Gasteiger partial charge in [-0.1, -0.05) is 20.8 Å². The molecule has 108 valence electrons. The maximum Gasteiger partial charge on any atom is 0.141 e. The second kappa shape index (κ2) is 7.01. The highest BCUT2D eigenvalue weighted by Gasteiger charge is 2.21. The maximum atomic E-state index is 4.45. The second-order valence-corrected chi connectivity index (χ2v) is 5.80. The Morgan fingerprint density at radius 1 is 1.42 bits per heavy atom. The van der Waals surface area contributed by atoms with Crippen LogP contribution in [0.5, 0.6) is 0 Å². The summed E-state index contributed by atoms with van der Waals surface area (Å²) < 4.78 is 2.06. The third-order valence-corrected chi connectivity index (χ3v) is 3.81. The Labute approximate surface area is 116 Å². The lowest BCUT2D eigenvalue weighted by molar-refractivity contribution is 0.155. The summed E-state index contributed by atoms with van der Waals surface area (Å²) in [7, 11) is 0. The Bertz CT molecular complexity index is 368. The normalized spacial score (nSPS) is 17.5. The molecule has 5 nitrogen and oxygen atoms in total. The summed E-state index contributed by atoms with van der Waals surface area (Å²) in [5, 5.41) is 7.79. The van der Waals surface area contributed by atoms with Gasteiger partial charge in [0.2, 0.25) is 0 Å². The molecule has 0 aromatic carbocycles. The highest BCUT2D eigenvalue weighted by atomic mass is 15.4. The molecule has 0 atom stereocenters. The molecular formula is C14H27N5. The molecule has 0 saturated carbocycles. The van der Waals surface area contributed by atoms with Crippen molar-refractivity contribution in [3.63, 3.8) is 0 Å². The number of piperidine rings is 1. The summed E-state index contributed by atoms with van der Waals surface area (Å²) in [6.45, 7) is 11.9. The van der Waals surface area contributed by atoms with E-state index in [1.165, 1.54) is 12.8 Å². The van der Waals surface area contributed by atoms with Crippen molar-refractivity contribution in [2.24, 2.45) is 5.92 Å². The van der Waals surface area contributed by atoms with Crippen molar-refractivity contribution in [3.8, 4) is 0 Å². The second-order valence-electron chi connectivity index (χ2n) is 5.80. The Morgan fingerprint density at radius 3 is 2.79 bits per heavy atom. The number of nitrogens with one attached hydrogen (secondary N) is 1. The van der Waals surface area contributed by atoms with Crippen molar-refractivity contribution in [3.05, 3.63) is 12.2 Å². The lowest BCUT2D eigenvalue weighted by atomic mass is 10.0. The molecular weight excluding hydrogens is 238 g/mol. The fourth-order valence-electron chi connectivity index (χ4n) is 2.76. The Balaban J connectivity index is 1.99. The van der Waals surface area contributed by atoms with E-state index in [1.807, 2.05) is 0 Å². The minimum absolute atomic E-state index is 0.606. The van der Waals surface area contributed by atoms with Crippen molar-refractivity contribution in [1.82, 2.24) is 25.0 Å². The maximum absolute atomic E-state index is 4.45. The molecule has 1 aromatic heterocycles. The molecule has 2 rings (SSSR count). The summed E-state index contributed by atoms with van der Waals surface area (Å²) in [6.07, 6.45) is 4.17. The van der Waals surface area contributed by atoms with Crippen molar-refractivity contribution >= 4 is 0 Å². The van der Waals surface area contributed by atoms with E-state index in [0.29, 0.717) is 12.0 Å².